The Morgan fingerprint density at radius 3 is 2.70 bits per heavy atom. The molecule has 3 aromatic heterocycles. The second kappa shape index (κ2) is 4.98. The highest BCUT2D eigenvalue weighted by molar-refractivity contribution is 5.78. The minimum absolute atomic E-state index is 0.177. The molecule has 0 amide bonds. The number of nitrogens with zero attached hydrogens (tertiary/aromatic N) is 5. The van der Waals surface area contributed by atoms with Crippen LogP contribution in [-0.2, 0) is 0 Å². The van der Waals surface area contributed by atoms with E-state index in [1.165, 1.54) is 29.2 Å². The maximum absolute atomic E-state index is 13.1. The van der Waals surface area contributed by atoms with Crippen molar-refractivity contribution in [3.8, 4) is 0 Å². The highest BCUT2D eigenvalue weighted by Crippen LogP contribution is 2.18. The first kappa shape index (κ1) is 13.6. The van der Waals surface area contributed by atoms with Gasteiger partial charge >= 0.3 is 0 Å². The molecule has 114 valence electrons. The summed E-state index contributed by atoms with van der Waals surface area (Å²) in [5, 5.41) is 4.54. The third kappa shape index (κ3) is 2.09. The molecule has 0 saturated carbocycles. The predicted octanol–water partition coefficient (Wildman–Crippen LogP) is 2.19. The predicted molar refractivity (Wildman–Crippen MR) is 82.8 cm³/mol. The van der Waals surface area contributed by atoms with Crippen LogP contribution < -0.4 is 5.56 Å². The van der Waals surface area contributed by atoms with Crippen LogP contribution in [-0.4, -0.2) is 24.1 Å². The monoisotopic (exact) mass is 309 g/mol. The zero-order chi connectivity index (χ0) is 16.0. The molecule has 0 N–H and O–H groups in total. The first-order valence-corrected chi connectivity index (χ1v) is 7.10. The number of benzene rings is 1. The molecule has 0 unspecified atom stereocenters. The molecule has 6 nitrogen and oxygen atoms in total. The average molecular weight is 309 g/mol. The Kier molecular flexibility index (Phi) is 2.94. The van der Waals surface area contributed by atoms with Crippen molar-refractivity contribution in [2.24, 2.45) is 0 Å². The lowest BCUT2D eigenvalue weighted by atomic mass is 10.1. The third-order valence-electron chi connectivity index (χ3n) is 3.97. The van der Waals surface area contributed by atoms with Crippen LogP contribution in [0.25, 0.3) is 16.7 Å². The van der Waals surface area contributed by atoms with E-state index in [9.17, 15) is 9.18 Å². The molecular formula is C16H12FN5O. The van der Waals surface area contributed by atoms with Gasteiger partial charge in [-0.05, 0) is 30.7 Å². The lowest BCUT2D eigenvalue weighted by Crippen LogP contribution is -2.24. The van der Waals surface area contributed by atoms with Crippen molar-refractivity contribution in [1.82, 2.24) is 24.1 Å². The number of pyridine rings is 1. The van der Waals surface area contributed by atoms with Crippen molar-refractivity contribution in [2.45, 2.75) is 13.0 Å². The van der Waals surface area contributed by atoms with Crippen molar-refractivity contribution < 1.29 is 4.39 Å². The number of hydrogen-bond acceptors (Lipinski definition) is 4. The summed E-state index contributed by atoms with van der Waals surface area (Å²) in [7, 11) is 0. The van der Waals surface area contributed by atoms with Gasteiger partial charge in [0.15, 0.2) is 0 Å². The Morgan fingerprint density at radius 1 is 1.13 bits per heavy atom. The third-order valence-corrected chi connectivity index (χ3v) is 3.97. The van der Waals surface area contributed by atoms with Crippen molar-refractivity contribution >= 4 is 16.7 Å². The zero-order valence-corrected chi connectivity index (χ0v) is 12.2. The van der Waals surface area contributed by atoms with Gasteiger partial charge in [0.05, 0.1) is 16.9 Å². The fourth-order valence-electron chi connectivity index (χ4n) is 2.69. The van der Waals surface area contributed by atoms with Crippen LogP contribution in [0.15, 0.2) is 53.8 Å². The smallest absolute Gasteiger partial charge is 0.262 e. The summed E-state index contributed by atoms with van der Waals surface area (Å²) in [6, 6.07) is 7.71. The van der Waals surface area contributed by atoms with E-state index in [1.807, 2.05) is 6.92 Å². The van der Waals surface area contributed by atoms with E-state index >= 15 is 0 Å². The van der Waals surface area contributed by atoms with Gasteiger partial charge in [-0.15, -0.1) is 0 Å². The first-order chi connectivity index (χ1) is 11.1. The van der Waals surface area contributed by atoms with Gasteiger partial charge in [-0.3, -0.25) is 4.79 Å². The van der Waals surface area contributed by atoms with Crippen LogP contribution in [0.1, 0.15) is 18.5 Å². The summed E-state index contributed by atoms with van der Waals surface area (Å²) in [4.78, 5) is 20.9. The van der Waals surface area contributed by atoms with Crippen LogP contribution in [0.3, 0.4) is 0 Å². The molecular weight excluding hydrogens is 297 g/mol. The fraction of sp³-hybridized carbons (Fsp3) is 0.125. The van der Waals surface area contributed by atoms with E-state index in [4.69, 9.17) is 0 Å². The highest BCUT2D eigenvalue weighted by Gasteiger charge is 2.13. The van der Waals surface area contributed by atoms with E-state index in [0.29, 0.717) is 16.7 Å². The van der Waals surface area contributed by atoms with Gasteiger partial charge in [-0.1, -0.05) is 12.1 Å². The van der Waals surface area contributed by atoms with Gasteiger partial charge in [0.2, 0.25) is 0 Å². The number of hydrogen-bond donors (Lipinski definition) is 0. The molecule has 3 heterocycles. The van der Waals surface area contributed by atoms with Crippen molar-refractivity contribution in [2.75, 3.05) is 0 Å². The SMILES string of the molecule is C[C@@H](c1ccc(F)cc1)n1ccc2c(cnc3ncnn32)c1=O. The normalized spacial score (nSPS) is 12.8. The molecule has 23 heavy (non-hydrogen) atoms. The first-order valence-electron chi connectivity index (χ1n) is 7.10. The van der Waals surface area contributed by atoms with Crippen LogP contribution in [0.2, 0.25) is 0 Å². The summed E-state index contributed by atoms with van der Waals surface area (Å²) in [5.74, 6) is 0.144. The Balaban J connectivity index is 1.90. The lowest BCUT2D eigenvalue weighted by molar-refractivity contribution is 0.606. The summed E-state index contributed by atoms with van der Waals surface area (Å²) in [5.41, 5.74) is 1.33. The second-order valence-corrected chi connectivity index (χ2v) is 5.28. The summed E-state index contributed by atoms with van der Waals surface area (Å²) in [6.07, 6.45) is 4.61. The van der Waals surface area contributed by atoms with E-state index in [-0.39, 0.29) is 17.4 Å². The van der Waals surface area contributed by atoms with Crippen molar-refractivity contribution in [3.63, 3.8) is 0 Å². The Labute approximate surface area is 129 Å². The number of fused-ring (bicyclic) bond motifs is 3. The molecule has 1 atom stereocenters. The summed E-state index contributed by atoms with van der Waals surface area (Å²) < 4.78 is 16.2. The molecule has 0 aliphatic rings. The number of rotatable bonds is 2. The minimum atomic E-state index is -0.301. The standard InChI is InChI=1S/C16H12FN5O/c1-10(11-2-4-12(17)5-3-11)21-7-6-14-13(15(21)23)8-18-16-19-9-20-22(14)16/h2-10H,1H3/t10-/m0/s1. The molecule has 4 aromatic rings. The summed E-state index contributed by atoms with van der Waals surface area (Å²) in [6.45, 7) is 1.89. The zero-order valence-electron chi connectivity index (χ0n) is 12.2. The molecule has 0 radical (unpaired) electrons. The van der Waals surface area contributed by atoms with E-state index in [2.05, 4.69) is 15.1 Å². The molecule has 0 aliphatic carbocycles. The van der Waals surface area contributed by atoms with Gasteiger partial charge in [0.1, 0.15) is 12.1 Å². The van der Waals surface area contributed by atoms with Crippen LogP contribution in [0, 0.1) is 5.82 Å². The largest absolute Gasteiger partial charge is 0.308 e. The van der Waals surface area contributed by atoms with Crippen LogP contribution in [0.5, 0.6) is 0 Å². The average Bonchev–Trinajstić information content (AvgIpc) is 3.04. The Hall–Kier alpha value is -3.09. The summed E-state index contributed by atoms with van der Waals surface area (Å²) >= 11 is 0. The minimum Gasteiger partial charge on any atom is -0.308 e. The van der Waals surface area contributed by atoms with Gasteiger partial charge in [0, 0.05) is 12.4 Å². The second-order valence-electron chi connectivity index (χ2n) is 5.28. The topological polar surface area (TPSA) is 65.1 Å². The Bertz CT molecular complexity index is 1070. The lowest BCUT2D eigenvalue weighted by Gasteiger charge is -2.16. The fourth-order valence-corrected chi connectivity index (χ4v) is 2.69. The molecule has 7 heteroatoms. The maximum atomic E-state index is 13.1. The maximum Gasteiger partial charge on any atom is 0.262 e. The van der Waals surface area contributed by atoms with Gasteiger partial charge < -0.3 is 4.57 Å². The van der Waals surface area contributed by atoms with Crippen LogP contribution in [0.4, 0.5) is 4.39 Å². The van der Waals surface area contributed by atoms with Gasteiger partial charge in [-0.2, -0.15) is 14.6 Å². The number of aromatic nitrogens is 5. The highest BCUT2D eigenvalue weighted by atomic mass is 19.1. The number of halogens is 1. The Morgan fingerprint density at radius 2 is 1.91 bits per heavy atom. The molecule has 0 bridgehead atoms. The molecule has 0 aliphatic heterocycles. The quantitative estimate of drug-likeness (QED) is 0.569. The van der Waals surface area contributed by atoms with Crippen LogP contribution >= 0.6 is 0 Å². The molecule has 0 fully saturated rings. The van der Waals surface area contributed by atoms with E-state index in [0.717, 1.165) is 5.56 Å². The van der Waals surface area contributed by atoms with E-state index < -0.39 is 0 Å². The molecule has 1 aromatic carbocycles. The molecule has 0 spiro atoms. The molecule has 4 rings (SSSR count). The molecule has 0 saturated heterocycles. The van der Waals surface area contributed by atoms with Crippen molar-refractivity contribution in [1.29, 1.82) is 0 Å². The van der Waals surface area contributed by atoms with Crippen molar-refractivity contribution in [3.05, 3.63) is 70.8 Å². The van der Waals surface area contributed by atoms with Gasteiger partial charge in [-0.25, -0.2) is 9.37 Å². The van der Waals surface area contributed by atoms with E-state index in [1.54, 1.807) is 29.0 Å². The van der Waals surface area contributed by atoms with Gasteiger partial charge in [0.25, 0.3) is 11.3 Å².